The average Bonchev–Trinajstić information content (AvgIpc) is 3.67. The Hall–Kier alpha value is -1.89. The van der Waals surface area contributed by atoms with E-state index in [1.54, 1.807) is 31.4 Å². The first kappa shape index (κ1) is 31.1. The summed E-state index contributed by atoms with van der Waals surface area (Å²) in [7, 11) is 1.59. The maximum absolute atomic E-state index is 14.0. The predicted octanol–water partition coefficient (Wildman–Crippen LogP) is 3.24. The van der Waals surface area contributed by atoms with Gasteiger partial charge in [-0.25, -0.2) is 4.79 Å². The molecule has 3 heterocycles. The Balaban J connectivity index is 1.56. The van der Waals surface area contributed by atoms with E-state index in [0.717, 1.165) is 0 Å². The van der Waals surface area contributed by atoms with Crippen molar-refractivity contribution in [3.05, 3.63) is 48.0 Å². The molecular weight excluding hydrogens is 556 g/mol. The third-order valence-electron chi connectivity index (χ3n) is 10.7. The smallest absolute Gasteiger partial charge is 0.338 e. The number of hydrogen-bond donors (Lipinski definition) is 2. The molecule has 10 heteroatoms. The van der Waals surface area contributed by atoms with Crippen LogP contribution in [0.4, 0.5) is 0 Å². The van der Waals surface area contributed by atoms with E-state index in [1.165, 1.54) is 0 Å². The van der Waals surface area contributed by atoms with E-state index < -0.39 is 64.3 Å². The lowest BCUT2D eigenvalue weighted by molar-refractivity contribution is -0.328. The lowest BCUT2D eigenvalue weighted by atomic mass is 9.49. The standard InChI is InChI=1S/C33H46O10/c1-29(2)17-21(34)25(35)32(6)22(20-18-40-30(3,4)43-23(20)24-27(32)41-24)26(42-28(36)19-11-9-8-10-12-19)33(29,37-7)14-13-31(5)38-15-16-39-31/h8-14,20-27,34-35H,15-18H2,1-7H3/b14-13+/t20-,21-,22+,23+,24+,25+,26-,27+,32+,33+/m0/s1. The Kier molecular flexibility index (Phi) is 7.66. The molecule has 238 valence electrons. The number of epoxide rings is 1. The molecule has 3 aliphatic heterocycles. The molecule has 0 unspecified atom stereocenters. The van der Waals surface area contributed by atoms with Crippen molar-refractivity contribution in [3.8, 4) is 0 Å². The van der Waals surface area contributed by atoms with Crippen LogP contribution in [0.1, 0.15) is 58.3 Å². The lowest BCUT2D eigenvalue weighted by Crippen LogP contribution is -2.72. The molecule has 2 N–H and O–H groups in total. The predicted molar refractivity (Wildman–Crippen MR) is 154 cm³/mol. The molecule has 1 aromatic rings. The zero-order valence-corrected chi connectivity index (χ0v) is 26.1. The SMILES string of the molecule is CO[C@]1(/C=C/C2(C)OCCO2)[C@@H](OC(=O)c2ccccc2)[C@H]2[C@@H]3COC(C)(C)O[C@H]3[C@H]3O[C@H]3[C@@]2(C)[C@H](O)[C@@H](O)CC1(C)C. The molecular formula is C33H46O10. The van der Waals surface area contributed by atoms with Gasteiger partial charge in [0.05, 0.1) is 49.8 Å². The van der Waals surface area contributed by atoms with E-state index in [0.29, 0.717) is 18.8 Å². The molecule has 10 atom stereocenters. The van der Waals surface area contributed by atoms with Gasteiger partial charge in [-0.1, -0.05) is 39.0 Å². The Bertz CT molecular complexity index is 1230. The van der Waals surface area contributed by atoms with Crippen molar-refractivity contribution in [1.29, 1.82) is 0 Å². The molecule has 0 aromatic heterocycles. The van der Waals surface area contributed by atoms with Gasteiger partial charge in [-0.15, -0.1) is 0 Å². The third kappa shape index (κ3) is 4.98. The highest BCUT2D eigenvalue weighted by Crippen LogP contribution is 2.64. The van der Waals surface area contributed by atoms with Crippen molar-refractivity contribution < 1.29 is 48.2 Å². The van der Waals surface area contributed by atoms with Gasteiger partial charge >= 0.3 is 5.97 Å². The number of carbonyl (C=O) groups excluding carboxylic acids is 1. The number of methoxy groups -OCH3 is 1. The summed E-state index contributed by atoms with van der Waals surface area (Å²) >= 11 is 0. The van der Waals surface area contributed by atoms with Gasteiger partial charge in [-0.2, -0.15) is 0 Å². The van der Waals surface area contributed by atoms with Gasteiger partial charge in [0, 0.05) is 29.8 Å². The molecule has 5 fully saturated rings. The molecule has 2 saturated carbocycles. The van der Waals surface area contributed by atoms with Crippen molar-refractivity contribution >= 4 is 5.97 Å². The second-order valence-electron chi connectivity index (χ2n) is 14.2. The molecule has 3 saturated heterocycles. The number of hydrogen-bond acceptors (Lipinski definition) is 10. The van der Waals surface area contributed by atoms with Gasteiger partial charge in [0.1, 0.15) is 17.8 Å². The number of rotatable bonds is 5. The summed E-state index contributed by atoms with van der Waals surface area (Å²) in [5.41, 5.74) is -2.84. The van der Waals surface area contributed by atoms with Crippen LogP contribution in [0.5, 0.6) is 0 Å². The fraction of sp³-hybridized carbons (Fsp3) is 0.727. The van der Waals surface area contributed by atoms with Gasteiger partial charge in [-0.05, 0) is 51.5 Å². The molecule has 0 radical (unpaired) electrons. The highest BCUT2D eigenvalue weighted by atomic mass is 16.7. The van der Waals surface area contributed by atoms with Crippen LogP contribution in [-0.4, -0.2) is 96.9 Å². The normalized spacial score (nSPS) is 44.4. The molecule has 0 bridgehead atoms. The fourth-order valence-electron chi connectivity index (χ4n) is 8.36. The van der Waals surface area contributed by atoms with Gasteiger partial charge in [-0.3, -0.25) is 0 Å². The molecule has 43 heavy (non-hydrogen) atoms. The second-order valence-corrected chi connectivity index (χ2v) is 14.2. The summed E-state index contributed by atoms with van der Waals surface area (Å²) in [4.78, 5) is 14.0. The van der Waals surface area contributed by atoms with E-state index >= 15 is 0 Å². The number of aliphatic hydroxyl groups excluding tert-OH is 2. The Labute approximate surface area is 253 Å². The lowest BCUT2D eigenvalue weighted by Gasteiger charge is -2.61. The summed E-state index contributed by atoms with van der Waals surface area (Å²) in [5.74, 6) is -3.35. The number of carbonyl (C=O) groups is 1. The number of benzene rings is 1. The monoisotopic (exact) mass is 602 g/mol. The summed E-state index contributed by atoms with van der Waals surface area (Å²) in [6, 6.07) is 8.82. The first-order valence-corrected chi connectivity index (χ1v) is 15.3. The maximum Gasteiger partial charge on any atom is 0.338 e. The largest absolute Gasteiger partial charge is 0.455 e. The van der Waals surface area contributed by atoms with E-state index in [1.807, 2.05) is 59.8 Å². The number of aliphatic hydroxyl groups is 2. The van der Waals surface area contributed by atoms with Crippen molar-refractivity contribution in [3.63, 3.8) is 0 Å². The van der Waals surface area contributed by atoms with E-state index in [4.69, 9.17) is 33.2 Å². The molecule has 1 aromatic carbocycles. The van der Waals surface area contributed by atoms with Crippen LogP contribution in [-0.2, 0) is 33.2 Å². The third-order valence-corrected chi connectivity index (χ3v) is 10.7. The second kappa shape index (κ2) is 10.6. The van der Waals surface area contributed by atoms with Crippen LogP contribution >= 0.6 is 0 Å². The summed E-state index contributed by atoms with van der Waals surface area (Å²) in [6.07, 6.45) is -0.548. The van der Waals surface area contributed by atoms with Crippen LogP contribution in [0, 0.1) is 22.7 Å². The van der Waals surface area contributed by atoms with Crippen LogP contribution in [0.3, 0.4) is 0 Å². The van der Waals surface area contributed by atoms with Gasteiger partial charge in [0.15, 0.2) is 11.6 Å². The molecule has 10 nitrogen and oxygen atoms in total. The van der Waals surface area contributed by atoms with Crippen molar-refractivity contribution in [2.75, 3.05) is 26.9 Å². The fourth-order valence-corrected chi connectivity index (χ4v) is 8.36. The first-order chi connectivity index (χ1) is 20.2. The number of fused-ring (bicyclic) bond motifs is 6. The van der Waals surface area contributed by atoms with E-state index in [-0.39, 0.29) is 31.2 Å². The topological polar surface area (TPSA) is 125 Å². The minimum Gasteiger partial charge on any atom is -0.455 e. The van der Waals surface area contributed by atoms with Gasteiger partial charge in [0.2, 0.25) is 0 Å². The Morgan fingerprint density at radius 1 is 0.953 bits per heavy atom. The highest BCUT2D eigenvalue weighted by molar-refractivity contribution is 5.89. The quantitative estimate of drug-likeness (QED) is 0.295. The van der Waals surface area contributed by atoms with Crippen LogP contribution < -0.4 is 0 Å². The first-order valence-electron chi connectivity index (χ1n) is 15.3. The molecule has 5 aliphatic rings. The van der Waals surface area contributed by atoms with E-state index in [2.05, 4.69) is 0 Å². The minimum atomic E-state index is -1.32. The number of ether oxygens (including phenoxy) is 7. The summed E-state index contributed by atoms with van der Waals surface area (Å²) in [6.45, 7) is 12.5. The Morgan fingerprint density at radius 2 is 1.63 bits per heavy atom. The van der Waals surface area contributed by atoms with Gasteiger partial charge < -0.3 is 43.4 Å². The van der Waals surface area contributed by atoms with Crippen LogP contribution in [0.15, 0.2) is 42.5 Å². The molecule has 0 spiro atoms. The molecule has 2 aliphatic carbocycles. The van der Waals surface area contributed by atoms with Gasteiger partial charge in [0.25, 0.3) is 0 Å². The van der Waals surface area contributed by atoms with E-state index in [9.17, 15) is 15.0 Å². The highest BCUT2D eigenvalue weighted by Gasteiger charge is 2.76. The Morgan fingerprint density at radius 3 is 2.28 bits per heavy atom. The maximum atomic E-state index is 14.0. The van der Waals surface area contributed by atoms with Crippen molar-refractivity contribution in [2.24, 2.45) is 22.7 Å². The summed E-state index contributed by atoms with van der Waals surface area (Å²) in [5, 5.41) is 23.6. The zero-order chi connectivity index (χ0) is 31.0. The van der Waals surface area contributed by atoms with Crippen LogP contribution in [0.25, 0.3) is 0 Å². The van der Waals surface area contributed by atoms with Crippen molar-refractivity contribution in [2.45, 2.75) is 102 Å². The average molecular weight is 603 g/mol. The molecule has 0 amide bonds. The minimum absolute atomic E-state index is 0.151. The number of esters is 1. The molecule has 6 rings (SSSR count). The summed E-state index contributed by atoms with van der Waals surface area (Å²) < 4.78 is 44.0. The zero-order valence-electron chi connectivity index (χ0n) is 26.1. The van der Waals surface area contributed by atoms with Crippen molar-refractivity contribution in [1.82, 2.24) is 0 Å². The van der Waals surface area contributed by atoms with Crippen LogP contribution in [0.2, 0.25) is 0 Å².